The van der Waals surface area contributed by atoms with Crippen molar-refractivity contribution in [2.75, 3.05) is 13.1 Å². The van der Waals surface area contributed by atoms with E-state index in [1.54, 1.807) is 0 Å². The Morgan fingerprint density at radius 3 is 2.44 bits per heavy atom. The molecule has 1 saturated carbocycles. The quantitative estimate of drug-likeness (QED) is 0.871. The lowest BCUT2D eigenvalue weighted by atomic mass is 9.89. The molecule has 1 atom stereocenters. The van der Waals surface area contributed by atoms with Gasteiger partial charge < -0.3 is 9.67 Å². The Morgan fingerprint density at radius 1 is 1.00 bits per heavy atom. The van der Waals surface area contributed by atoms with Gasteiger partial charge in [0.05, 0.1) is 0 Å². The Hall–Kier alpha value is -1.86. The minimum absolute atomic E-state index is 0.0649. The van der Waals surface area contributed by atoms with Crippen molar-refractivity contribution in [2.45, 2.75) is 69.9 Å². The fourth-order valence-electron chi connectivity index (χ4n) is 4.55. The van der Waals surface area contributed by atoms with Crippen molar-refractivity contribution in [3.05, 3.63) is 35.4 Å². The summed E-state index contributed by atoms with van der Waals surface area (Å²) in [6, 6.07) is 0. The molecule has 1 aliphatic carbocycles. The zero-order valence-corrected chi connectivity index (χ0v) is 16.2. The second kappa shape index (κ2) is 8.44. The normalized spacial score (nSPS) is 22.2. The van der Waals surface area contributed by atoms with Gasteiger partial charge in [-0.05, 0) is 32.2 Å². The van der Waals surface area contributed by atoms with Gasteiger partial charge in [0.1, 0.15) is 18.3 Å². The summed E-state index contributed by atoms with van der Waals surface area (Å²) in [5, 5.41) is 17.8. The van der Waals surface area contributed by atoms with Gasteiger partial charge in [-0.25, -0.2) is 9.97 Å². The molecule has 27 heavy (non-hydrogen) atoms. The zero-order chi connectivity index (χ0) is 18.6. The molecule has 0 unspecified atom stereocenters. The average Bonchev–Trinajstić information content (AvgIpc) is 3.10. The summed E-state index contributed by atoms with van der Waals surface area (Å²) in [6.07, 6.45) is 12.8. The van der Waals surface area contributed by atoms with Gasteiger partial charge in [0.2, 0.25) is 0 Å². The predicted molar refractivity (Wildman–Crippen MR) is 102 cm³/mol. The summed E-state index contributed by atoms with van der Waals surface area (Å²) in [6.45, 7) is 2.87. The van der Waals surface area contributed by atoms with Crippen LogP contribution in [0.2, 0.25) is 0 Å². The monoisotopic (exact) mass is 370 g/mol. The van der Waals surface area contributed by atoms with Crippen LogP contribution in [0.1, 0.15) is 79.8 Å². The molecule has 0 bridgehead atoms. The minimum atomic E-state index is -0.0649. The van der Waals surface area contributed by atoms with Crippen molar-refractivity contribution in [2.24, 2.45) is 7.05 Å². The molecule has 1 N–H and O–H groups in total. The van der Waals surface area contributed by atoms with Gasteiger partial charge in [0.15, 0.2) is 5.82 Å². The molecule has 2 aromatic rings. The molecule has 0 radical (unpaired) electrons. The molecular formula is C20H30N6O. The highest BCUT2D eigenvalue weighted by molar-refractivity contribution is 5.09. The van der Waals surface area contributed by atoms with Crippen LogP contribution in [0, 0.1) is 0 Å². The smallest absolute Gasteiger partial charge is 0.158 e. The first kappa shape index (κ1) is 18.5. The van der Waals surface area contributed by atoms with Crippen LogP contribution in [0.15, 0.2) is 12.4 Å². The molecule has 7 nitrogen and oxygen atoms in total. The first-order chi connectivity index (χ1) is 13.2. The maximum atomic E-state index is 9.35. The highest BCUT2D eigenvalue weighted by Crippen LogP contribution is 2.30. The predicted octanol–water partition coefficient (Wildman–Crippen LogP) is 2.52. The molecule has 0 amide bonds. The zero-order valence-electron chi connectivity index (χ0n) is 16.2. The number of hydrogen-bond acceptors (Lipinski definition) is 6. The Morgan fingerprint density at radius 2 is 1.74 bits per heavy atom. The molecule has 7 heteroatoms. The van der Waals surface area contributed by atoms with Crippen molar-refractivity contribution in [1.82, 2.24) is 29.6 Å². The van der Waals surface area contributed by atoms with E-state index in [9.17, 15) is 5.11 Å². The Bertz CT molecular complexity index is 737. The fourth-order valence-corrected chi connectivity index (χ4v) is 4.55. The van der Waals surface area contributed by atoms with Crippen molar-refractivity contribution in [3.63, 3.8) is 0 Å². The standard InChI is InChI=1S/C20H30N6O/c1-25-18(14-27)23-24-20(25)17-8-5-9-26(13-17)12-15-10-21-19(22-11-15)16-6-3-2-4-7-16/h10-11,16-17,27H,2-9,12-14H2,1H3/t17-/m1/s1. The SMILES string of the molecule is Cn1c(CO)nnc1[C@@H]1CCCN(Cc2cnc(C3CCCCC3)nc2)C1. The number of aromatic nitrogens is 5. The van der Waals surface area contributed by atoms with Crippen LogP contribution in [0.5, 0.6) is 0 Å². The Kier molecular flexibility index (Phi) is 5.78. The van der Waals surface area contributed by atoms with Gasteiger partial charge >= 0.3 is 0 Å². The highest BCUT2D eigenvalue weighted by atomic mass is 16.3. The molecule has 0 aromatic carbocycles. The number of likely N-dealkylation sites (tertiary alicyclic amines) is 1. The number of piperidine rings is 1. The lowest BCUT2D eigenvalue weighted by Crippen LogP contribution is -2.35. The van der Waals surface area contributed by atoms with Gasteiger partial charge in [-0.1, -0.05) is 19.3 Å². The first-order valence-electron chi connectivity index (χ1n) is 10.3. The molecule has 146 valence electrons. The molecule has 2 aliphatic rings. The van der Waals surface area contributed by atoms with E-state index < -0.39 is 0 Å². The van der Waals surface area contributed by atoms with E-state index in [0.29, 0.717) is 17.7 Å². The summed E-state index contributed by atoms with van der Waals surface area (Å²) < 4.78 is 1.94. The average molecular weight is 371 g/mol. The summed E-state index contributed by atoms with van der Waals surface area (Å²) in [5.74, 6) is 3.56. The third-order valence-electron chi connectivity index (χ3n) is 6.11. The topological polar surface area (TPSA) is 80.0 Å². The maximum absolute atomic E-state index is 9.35. The lowest BCUT2D eigenvalue weighted by molar-refractivity contribution is 0.194. The van der Waals surface area contributed by atoms with Crippen LogP contribution >= 0.6 is 0 Å². The summed E-state index contributed by atoms with van der Waals surface area (Å²) in [5.41, 5.74) is 1.18. The molecular weight excluding hydrogens is 340 g/mol. The van der Waals surface area contributed by atoms with Crippen LogP contribution in [0.25, 0.3) is 0 Å². The second-order valence-corrected chi connectivity index (χ2v) is 8.05. The lowest BCUT2D eigenvalue weighted by Gasteiger charge is -2.32. The number of hydrogen-bond donors (Lipinski definition) is 1. The summed E-state index contributed by atoms with van der Waals surface area (Å²) in [4.78, 5) is 11.8. The van der Waals surface area contributed by atoms with E-state index in [4.69, 9.17) is 0 Å². The Labute approximate surface area is 160 Å². The van der Waals surface area contributed by atoms with E-state index in [1.165, 1.54) is 37.7 Å². The van der Waals surface area contributed by atoms with Crippen LogP contribution in [0.3, 0.4) is 0 Å². The van der Waals surface area contributed by atoms with E-state index in [1.807, 2.05) is 24.0 Å². The summed E-state index contributed by atoms with van der Waals surface area (Å²) >= 11 is 0. The number of rotatable bonds is 5. The third kappa shape index (κ3) is 4.19. The molecule has 1 aliphatic heterocycles. The number of aliphatic hydroxyl groups is 1. The second-order valence-electron chi connectivity index (χ2n) is 8.05. The molecule has 4 rings (SSSR count). The number of aliphatic hydroxyl groups excluding tert-OH is 1. The van der Waals surface area contributed by atoms with E-state index in [2.05, 4.69) is 25.1 Å². The van der Waals surface area contributed by atoms with Crippen LogP contribution in [-0.4, -0.2) is 47.8 Å². The van der Waals surface area contributed by atoms with Gasteiger partial charge in [0, 0.05) is 49.9 Å². The van der Waals surface area contributed by atoms with E-state index in [-0.39, 0.29) is 6.61 Å². The van der Waals surface area contributed by atoms with E-state index >= 15 is 0 Å². The Balaban J connectivity index is 1.38. The highest BCUT2D eigenvalue weighted by Gasteiger charge is 2.26. The van der Waals surface area contributed by atoms with Crippen molar-refractivity contribution in [3.8, 4) is 0 Å². The maximum Gasteiger partial charge on any atom is 0.158 e. The van der Waals surface area contributed by atoms with Crippen molar-refractivity contribution < 1.29 is 5.11 Å². The van der Waals surface area contributed by atoms with Crippen molar-refractivity contribution in [1.29, 1.82) is 0 Å². The van der Waals surface area contributed by atoms with Crippen LogP contribution in [-0.2, 0) is 20.2 Å². The molecule has 2 aromatic heterocycles. The van der Waals surface area contributed by atoms with Gasteiger partial charge in [-0.3, -0.25) is 4.90 Å². The molecule has 0 spiro atoms. The molecule has 3 heterocycles. The van der Waals surface area contributed by atoms with Gasteiger partial charge in [0.25, 0.3) is 0 Å². The van der Waals surface area contributed by atoms with Gasteiger partial charge in [-0.15, -0.1) is 10.2 Å². The third-order valence-corrected chi connectivity index (χ3v) is 6.11. The van der Waals surface area contributed by atoms with E-state index in [0.717, 1.165) is 44.1 Å². The van der Waals surface area contributed by atoms with Crippen molar-refractivity contribution >= 4 is 0 Å². The molecule has 2 fully saturated rings. The number of nitrogens with zero attached hydrogens (tertiary/aromatic N) is 6. The fraction of sp³-hybridized carbons (Fsp3) is 0.700. The molecule has 1 saturated heterocycles. The van der Waals surface area contributed by atoms with Crippen LogP contribution in [0.4, 0.5) is 0 Å². The largest absolute Gasteiger partial charge is 0.388 e. The van der Waals surface area contributed by atoms with Crippen LogP contribution < -0.4 is 0 Å². The van der Waals surface area contributed by atoms with Gasteiger partial charge in [-0.2, -0.15) is 0 Å². The summed E-state index contributed by atoms with van der Waals surface area (Å²) in [7, 11) is 1.94. The minimum Gasteiger partial charge on any atom is -0.388 e. The first-order valence-corrected chi connectivity index (χ1v) is 10.3.